The van der Waals surface area contributed by atoms with Crippen molar-refractivity contribution in [1.29, 1.82) is 0 Å². The first-order chi connectivity index (χ1) is 8.66. The minimum absolute atomic E-state index is 0.310. The van der Waals surface area contributed by atoms with Gasteiger partial charge in [0.1, 0.15) is 6.04 Å². The highest BCUT2D eigenvalue weighted by molar-refractivity contribution is 5.73. The zero-order valence-electron chi connectivity index (χ0n) is 10.7. The molecule has 1 N–H and O–H groups in total. The number of likely N-dealkylation sites (tertiary alicyclic amines) is 1. The summed E-state index contributed by atoms with van der Waals surface area (Å²) in [5.74, 6) is -0.167. The summed E-state index contributed by atoms with van der Waals surface area (Å²) in [7, 11) is 0. The molecule has 0 radical (unpaired) electrons. The average Bonchev–Trinajstić information content (AvgIpc) is 2.38. The van der Waals surface area contributed by atoms with Gasteiger partial charge in [-0.05, 0) is 49.4 Å². The summed E-state index contributed by atoms with van der Waals surface area (Å²) in [5.41, 5.74) is 1.22. The van der Waals surface area contributed by atoms with E-state index in [1.165, 1.54) is 5.56 Å². The van der Waals surface area contributed by atoms with Gasteiger partial charge in [-0.2, -0.15) is 0 Å². The van der Waals surface area contributed by atoms with Gasteiger partial charge in [0, 0.05) is 18.9 Å². The van der Waals surface area contributed by atoms with Gasteiger partial charge in [0.15, 0.2) is 0 Å². The molecule has 2 rings (SSSR count). The number of piperidine rings is 1. The highest BCUT2D eigenvalue weighted by atomic mass is 16.4. The van der Waals surface area contributed by atoms with E-state index in [9.17, 15) is 9.90 Å². The van der Waals surface area contributed by atoms with Crippen LogP contribution < -0.4 is 0 Å². The second kappa shape index (κ2) is 5.96. The van der Waals surface area contributed by atoms with Crippen LogP contribution in [0.4, 0.5) is 0 Å². The Morgan fingerprint density at radius 2 is 2.22 bits per heavy atom. The lowest BCUT2D eigenvalue weighted by molar-refractivity contribution is -0.145. The Hall–Kier alpha value is -1.42. The van der Waals surface area contributed by atoms with E-state index in [1.54, 1.807) is 12.4 Å². The van der Waals surface area contributed by atoms with Crippen LogP contribution in [0, 0.1) is 5.92 Å². The van der Waals surface area contributed by atoms with Gasteiger partial charge in [-0.25, -0.2) is 0 Å². The molecule has 1 saturated heterocycles. The normalized spacial score (nSPS) is 24.9. The summed E-state index contributed by atoms with van der Waals surface area (Å²) < 4.78 is 0. The van der Waals surface area contributed by atoms with Crippen molar-refractivity contribution in [2.24, 2.45) is 5.92 Å². The minimum Gasteiger partial charge on any atom is -0.480 e. The first-order valence-electron chi connectivity index (χ1n) is 6.52. The Balaban J connectivity index is 1.93. The van der Waals surface area contributed by atoms with Gasteiger partial charge in [-0.15, -0.1) is 0 Å². The van der Waals surface area contributed by atoms with Crippen molar-refractivity contribution < 1.29 is 9.90 Å². The van der Waals surface area contributed by atoms with E-state index < -0.39 is 5.97 Å². The second-order valence-electron chi connectivity index (χ2n) is 5.13. The minimum atomic E-state index is -0.684. The molecule has 0 aromatic carbocycles. The quantitative estimate of drug-likeness (QED) is 0.883. The fraction of sp³-hybridized carbons (Fsp3) is 0.571. The van der Waals surface area contributed by atoms with Crippen LogP contribution in [0.1, 0.15) is 25.3 Å². The van der Waals surface area contributed by atoms with Crippen molar-refractivity contribution >= 4 is 5.97 Å². The first kappa shape index (κ1) is 13.0. The molecule has 0 spiro atoms. The Labute approximate surface area is 108 Å². The number of carboxylic acid groups (broad SMARTS) is 1. The largest absolute Gasteiger partial charge is 0.480 e. The van der Waals surface area contributed by atoms with Crippen LogP contribution in [0.15, 0.2) is 24.5 Å². The summed E-state index contributed by atoms with van der Waals surface area (Å²) in [4.78, 5) is 17.4. The molecule has 2 heterocycles. The molecular formula is C14H20N2O2. The van der Waals surface area contributed by atoms with Crippen molar-refractivity contribution in [1.82, 2.24) is 9.88 Å². The van der Waals surface area contributed by atoms with E-state index in [1.807, 2.05) is 12.1 Å². The third-order valence-corrected chi connectivity index (χ3v) is 3.70. The zero-order valence-corrected chi connectivity index (χ0v) is 10.7. The van der Waals surface area contributed by atoms with Crippen molar-refractivity contribution in [3.8, 4) is 0 Å². The maximum atomic E-state index is 11.3. The summed E-state index contributed by atoms with van der Waals surface area (Å²) in [6.07, 6.45) is 6.32. The highest BCUT2D eigenvalue weighted by Crippen LogP contribution is 2.22. The molecule has 1 fully saturated rings. The molecule has 98 valence electrons. The topological polar surface area (TPSA) is 53.4 Å². The van der Waals surface area contributed by atoms with Crippen LogP contribution in [0.5, 0.6) is 0 Å². The summed E-state index contributed by atoms with van der Waals surface area (Å²) >= 11 is 0. The molecule has 0 amide bonds. The standard InChI is InChI=1S/C14H20N2O2/c1-11-4-8-16(13(10-11)14(17)18)9-5-12-2-6-15-7-3-12/h2-3,6-7,11,13H,4-5,8-10H2,1H3,(H,17,18). The van der Waals surface area contributed by atoms with E-state index >= 15 is 0 Å². The molecule has 0 saturated carbocycles. The first-order valence-corrected chi connectivity index (χ1v) is 6.52. The number of hydrogen-bond donors (Lipinski definition) is 1. The van der Waals surface area contributed by atoms with E-state index in [4.69, 9.17) is 0 Å². The number of pyridine rings is 1. The number of carboxylic acids is 1. The Morgan fingerprint density at radius 1 is 1.50 bits per heavy atom. The fourth-order valence-corrected chi connectivity index (χ4v) is 2.54. The van der Waals surface area contributed by atoms with Gasteiger partial charge in [-0.1, -0.05) is 6.92 Å². The Bertz CT molecular complexity index is 394. The van der Waals surface area contributed by atoms with Crippen molar-refractivity contribution in [2.75, 3.05) is 13.1 Å². The SMILES string of the molecule is CC1CCN(CCc2ccncc2)C(C(=O)O)C1. The molecular weight excluding hydrogens is 228 g/mol. The molecule has 0 aliphatic carbocycles. The third kappa shape index (κ3) is 3.29. The van der Waals surface area contributed by atoms with Gasteiger partial charge in [0.05, 0.1) is 0 Å². The van der Waals surface area contributed by atoms with Crippen LogP contribution >= 0.6 is 0 Å². The molecule has 1 aromatic rings. The van der Waals surface area contributed by atoms with Crippen LogP contribution in [-0.2, 0) is 11.2 Å². The van der Waals surface area contributed by atoms with Crippen LogP contribution in [-0.4, -0.2) is 40.1 Å². The molecule has 2 unspecified atom stereocenters. The smallest absolute Gasteiger partial charge is 0.320 e. The van der Waals surface area contributed by atoms with Gasteiger partial charge >= 0.3 is 5.97 Å². The van der Waals surface area contributed by atoms with Crippen molar-refractivity contribution in [3.05, 3.63) is 30.1 Å². The molecule has 2 atom stereocenters. The fourth-order valence-electron chi connectivity index (χ4n) is 2.54. The number of rotatable bonds is 4. The third-order valence-electron chi connectivity index (χ3n) is 3.70. The molecule has 18 heavy (non-hydrogen) atoms. The maximum Gasteiger partial charge on any atom is 0.320 e. The Morgan fingerprint density at radius 3 is 2.89 bits per heavy atom. The number of carbonyl (C=O) groups is 1. The monoisotopic (exact) mass is 248 g/mol. The highest BCUT2D eigenvalue weighted by Gasteiger charge is 2.31. The predicted molar refractivity (Wildman–Crippen MR) is 69.3 cm³/mol. The number of aromatic nitrogens is 1. The lowest BCUT2D eigenvalue weighted by atomic mass is 9.92. The predicted octanol–water partition coefficient (Wildman–Crippen LogP) is 1.81. The van der Waals surface area contributed by atoms with Crippen molar-refractivity contribution in [3.63, 3.8) is 0 Å². The van der Waals surface area contributed by atoms with Gasteiger partial charge < -0.3 is 5.11 Å². The second-order valence-corrected chi connectivity index (χ2v) is 5.13. The summed E-state index contributed by atoms with van der Waals surface area (Å²) in [6.45, 7) is 3.84. The van der Waals surface area contributed by atoms with Crippen LogP contribution in [0.3, 0.4) is 0 Å². The summed E-state index contributed by atoms with van der Waals surface area (Å²) in [6, 6.07) is 3.67. The molecule has 0 bridgehead atoms. The molecule has 1 aliphatic rings. The number of nitrogens with zero attached hydrogens (tertiary/aromatic N) is 2. The van der Waals surface area contributed by atoms with Gasteiger partial charge in [-0.3, -0.25) is 14.7 Å². The lowest BCUT2D eigenvalue weighted by Crippen LogP contribution is -2.47. The van der Waals surface area contributed by atoms with Crippen molar-refractivity contribution in [2.45, 2.75) is 32.2 Å². The molecule has 4 nitrogen and oxygen atoms in total. The van der Waals surface area contributed by atoms with Gasteiger partial charge in [0.25, 0.3) is 0 Å². The van der Waals surface area contributed by atoms with Crippen LogP contribution in [0.25, 0.3) is 0 Å². The average molecular weight is 248 g/mol. The summed E-state index contributed by atoms with van der Waals surface area (Å²) in [5, 5.41) is 9.27. The van der Waals surface area contributed by atoms with E-state index in [0.717, 1.165) is 32.4 Å². The maximum absolute atomic E-state index is 11.3. The number of aliphatic carboxylic acids is 1. The molecule has 1 aromatic heterocycles. The molecule has 1 aliphatic heterocycles. The zero-order chi connectivity index (χ0) is 13.0. The van der Waals surface area contributed by atoms with E-state index in [-0.39, 0.29) is 6.04 Å². The van der Waals surface area contributed by atoms with Gasteiger partial charge in [0.2, 0.25) is 0 Å². The lowest BCUT2D eigenvalue weighted by Gasteiger charge is -2.35. The number of hydrogen-bond acceptors (Lipinski definition) is 3. The Kier molecular flexibility index (Phi) is 4.31. The van der Waals surface area contributed by atoms with Crippen LogP contribution in [0.2, 0.25) is 0 Å². The van der Waals surface area contributed by atoms with E-state index in [2.05, 4.69) is 16.8 Å². The van der Waals surface area contributed by atoms with E-state index in [0.29, 0.717) is 5.92 Å². The molecule has 4 heteroatoms.